The van der Waals surface area contributed by atoms with Crippen molar-refractivity contribution in [2.45, 2.75) is 12.5 Å². The predicted octanol–water partition coefficient (Wildman–Crippen LogP) is -0.0869. The standard InChI is InChI=1S/C13H17NO5/c15-7-8-4-5-14(6-11(8)18)13(19)12-9(16)2-1-3-10(12)17/h1-3,8,11,15-18H,4-7H2/t8-,11-/m1/s1. The van der Waals surface area contributed by atoms with Crippen LogP contribution in [0.2, 0.25) is 0 Å². The maximum absolute atomic E-state index is 12.2. The molecule has 0 aromatic heterocycles. The molecule has 4 N–H and O–H groups in total. The fourth-order valence-corrected chi connectivity index (χ4v) is 2.28. The maximum Gasteiger partial charge on any atom is 0.261 e. The zero-order chi connectivity index (χ0) is 14.0. The molecule has 1 aliphatic heterocycles. The number of aromatic hydroxyl groups is 2. The van der Waals surface area contributed by atoms with Gasteiger partial charge in [0.15, 0.2) is 0 Å². The van der Waals surface area contributed by atoms with Crippen molar-refractivity contribution in [2.24, 2.45) is 5.92 Å². The Morgan fingerprint density at radius 1 is 1.32 bits per heavy atom. The molecule has 1 aromatic carbocycles. The monoisotopic (exact) mass is 267 g/mol. The molecule has 0 unspecified atom stereocenters. The van der Waals surface area contributed by atoms with Gasteiger partial charge < -0.3 is 25.3 Å². The van der Waals surface area contributed by atoms with Crippen molar-refractivity contribution in [3.05, 3.63) is 23.8 Å². The minimum absolute atomic E-state index is 0.0812. The largest absolute Gasteiger partial charge is 0.507 e. The molecule has 1 aliphatic rings. The normalized spacial score (nSPS) is 23.4. The van der Waals surface area contributed by atoms with Crippen LogP contribution in [0.1, 0.15) is 16.8 Å². The molecule has 1 fully saturated rings. The summed E-state index contributed by atoms with van der Waals surface area (Å²) < 4.78 is 0. The zero-order valence-electron chi connectivity index (χ0n) is 10.4. The van der Waals surface area contributed by atoms with E-state index in [-0.39, 0.29) is 36.1 Å². The number of piperidine rings is 1. The molecule has 0 spiro atoms. The van der Waals surface area contributed by atoms with Crippen LogP contribution in [-0.4, -0.2) is 57.0 Å². The highest BCUT2D eigenvalue weighted by Crippen LogP contribution is 2.29. The number of likely N-dealkylation sites (tertiary alicyclic amines) is 1. The minimum Gasteiger partial charge on any atom is -0.507 e. The number of benzene rings is 1. The molecule has 0 radical (unpaired) electrons. The second-order valence-electron chi connectivity index (χ2n) is 4.72. The maximum atomic E-state index is 12.2. The highest BCUT2D eigenvalue weighted by molar-refractivity contribution is 5.99. The van der Waals surface area contributed by atoms with E-state index in [4.69, 9.17) is 5.11 Å². The van der Waals surface area contributed by atoms with Crippen LogP contribution in [0.4, 0.5) is 0 Å². The third kappa shape index (κ3) is 2.64. The van der Waals surface area contributed by atoms with Crippen LogP contribution < -0.4 is 0 Å². The average molecular weight is 267 g/mol. The smallest absolute Gasteiger partial charge is 0.261 e. The van der Waals surface area contributed by atoms with Crippen LogP contribution in [0.3, 0.4) is 0 Å². The number of hydrogen-bond acceptors (Lipinski definition) is 5. The average Bonchev–Trinajstić information content (AvgIpc) is 2.38. The Bertz CT molecular complexity index is 456. The van der Waals surface area contributed by atoms with Gasteiger partial charge in [-0.1, -0.05) is 6.07 Å². The Kier molecular flexibility index (Phi) is 3.92. The molecule has 1 saturated heterocycles. The second-order valence-corrected chi connectivity index (χ2v) is 4.72. The molecule has 1 aromatic rings. The van der Waals surface area contributed by atoms with Gasteiger partial charge in [0.2, 0.25) is 0 Å². The van der Waals surface area contributed by atoms with Crippen molar-refractivity contribution >= 4 is 5.91 Å². The van der Waals surface area contributed by atoms with E-state index in [9.17, 15) is 20.1 Å². The second kappa shape index (κ2) is 5.46. The van der Waals surface area contributed by atoms with Crippen LogP contribution in [0.15, 0.2) is 18.2 Å². The molecule has 19 heavy (non-hydrogen) atoms. The quantitative estimate of drug-likeness (QED) is 0.600. The van der Waals surface area contributed by atoms with Crippen LogP contribution in [0.5, 0.6) is 11.5 Å². The number of aliphatic hydroxyl groups excluding tert-OH is 2. The number of phenolic OH excluding ortho intramolecular Hbond substituents is 2. The van der Waals surface area contributed by atoms with E-state index >= 15 is 0 Å². The number of carbonyl (C=O) groups is 1. The Morgan fingerprint density at radius 3 is 2.47 bits per heavy atom. The van der Waals surface area contributed by atoms with Crippen molar-refractivity contribution in [1.29, 1.82) is 0 Å². The lowest BCUT2D eigenvalue weighted by Crippen LogP contribution is -2.47. The summed E-state index contributed by atoms with van der Waals surface area (Å²) in [6.45, 7) is 0.331. The first-order chi connectivity index (χ1) is 9.04. The Labute approximate surface area is 110 Å². The van der Waals surface area contributed by atoms with Crippen molar-refractivity contribution < 1.29 is 25.2 Å². The fraction of sp³-hybridized carbons (Fsp3) is 0.462. The first kappa shape index (κ1) is 13.6. The van der Waals surface area contributed by atoms with E-state index in [1.807, 2.05) is 0 Å². The lowest BCUT2D eigenvalue weighted by Gasteiger charge is -2.35. The van der Waals surface area contributed by atoms with Gasteiger partial charge in [0.25, 0.3) is 5.91 Å². The highest BCUT2D eigenvalue weighted by atomic mass is 16.3. The molecule has 1 amide bonds. The summed E-state index contributed by atoms with van der Waals surface area (Å²) in [6.07, 6.45) is -0.312. The summed E-state index contributed by atoms with van der Waals surface area (Å²) in [5.41, 5.74) is -0.155. The summed E-state index contributed by atoms with van der Waals surface area (Å²) in [7, 11) is 0. The Morgan fingerprint density at radius 2 is 1.95 bits per heavy atom. The van der Waals surface area contributed by atoms with Crippen molar-refractivity contribution in [1.82, 2.24) is 4.90 Å². The third-order valence-corrected chi connectivity index (χ3v) is 3.48. The molecule has 6 heteroatoms. The summed E-state index contributed by atoms with van der Waals surface area (Å²) >= 11 is 0. The molecule has 2 rings (SSSR count). The predicted molar refractivity (Wildman–Crippen MR) is 66.9 cm³/mol. The van der Waals surface area contributed by atoms with Crippen LogP contribution in [0.25, 0.3) is 0 Å². The van der Waals surface area contributed by atoms with E-state index < -0.39 is 12.0 Å². The highest BCUT2D eigenvalue weighted by Gasteiger charge is 2.31. The number of phenols is 2. The van der Waals surface area contributed by atoms with E-state index in [1.54, 1.807) is 0 Å². The molecule has 0 bridgehead atoms. The van der Waals surface area contributed by atoms with E-state index in [1.165, 1.54) is 23.1 Å². The van der Waals surface area contributed by atoms with E-state index in [2.05, 4.69) is 0 Å². The number of hydrogen-bond donors (Lipinski definition) is 4. The molecule has 104 valence electrons. The first-order valence-electron chi connectivity index (χ1n) is 6.13. The van der Waals surface area contributed by atoms with Crippen molar-refractivity contribution in [3.8, 4) is 11.5 Å². The van der Waals surface area contributed by atoms with Gasteiger partial charge in [0.05, 0.1) is 6.10 Å². The van der Waals surface area contributed by atoms with E-state index in [0.717, 1.165) is 0 Å². The Hall–Kier alpha value is -1.79. The third-order valence-electron chi connectivity index (χ3n) is 3.48. The number of rotatable bonds is 2. The molecule has 0 aliphatic carbocycles. The van der Waals surface area contributed by atoms with Gasteiger partial charge in [0, 0.05) is 25.6 Å². The Balaban J connectivity index is 2.17. The van der Waals surface area contributed by atoms with Gasteiger partial charge in [-0.05, 0) is 18.6 Å². The number of carbonyl (C=O) groups excluding carboxylic acids is 1. The van der Waals surface area contributed by atoms with Gasteiger partial charge in [-0.3, -0.25) is 4.79 Å². The van der Waals surface area contributed by atoms with E-state index in [0.29, 0.717) is 13.0 Å². The number of aliphatic hydroxyl groups is 2. The van der Waals surface area contributed by atoms with Crippen LogP contribution >= 0.6 is 0 Å². The summed E-state index contributed by atoms with van der Waals surface area (Å²) in [4.78, 5) is 13.6. The fourth-order valence-electron chi connectivity index (χ4n) is 2.28. The lowest BCUT2D eigenvalue weighted by molar-refractivity contribution is 0.000651. The van der Waals surface area contributed by atoms with Gasteiger partial charge in [-0.15, -0.1) is 0 Å². The molecule has 1 heterocycles. The summed E-state index contributed by atoms with van der Waals surface area (Å²) in [5.74, 6) is -1.33. The van der Waals surface area contributed by atoms with Gasteiger partial charge in [-0.2, -0.15) is 0 Å². The van der Waals surface area contributed by atoms with Gasteiger partial charge in [0.1, 0.15) is 17.1 Å². The molecule has 6 nitrogen and oxygen atoms in total. The zero-order valence-corrected chi connectivity index (χ0v) is 10.4. The number of amides is 1. The van der Waals surface area contributed by atoms with Crippen molar-refractivity contribution in [3.63, 3.8) is 0 Å². The lowest BCUT2D eigenvalue weighted by atomic mass is 9.94. The molecular formula is C13H17NO5. The SMILES string of the molecule is O=C(c1c(O)cccc1O)N1CC[C@H](CO)[C@H](O)C1. The molecule has 2 atom stereocenters. The van der Waals surface area contributed by atoms with Gasteiger partial charge >= 0.3 is 0 Å². The summed E-state index contributed by atoms with van der Waals surface area (Å²) in [5, 5.41) is 38.1. The van der Waals surface area contributed by atoms with Crippen LogP contribution in [0, 0.1) is 5.92 Å². The topological polar surface area (TPSA) is 101 Å². The first-order valence-corrected chi connectivity index (χ1v) is 6.13. The number of nitrogens with zero attached hydrogens (tertiary/aromatic N) is 1. The molecule has 0 saturated carbocycles. The minimum atomic E-state index is -0.796. The number of β-amino-alcohol motifs (C(OH)–C–C–N with tert-alkyl or cyclic N) is 1. The molecular weight excluding hydrogens is 250 g/mol. The van der Waals surface area contributed by atoms with Crippen LogP contribution in [-0.2, 0) is 0 Å². The van der Waals surface area contributed by atoms with Gasteiger partial charge in [-0.25, -0.2) is 0 Å². The summed E-state index contributed by atoms with van der Waals surface area (Å²) in [6, 6.07) is 4.09. The van der Waals surface area contributed by atoms with Crippen molar-refractivity contribution in [2.75, 3.05) is 19.7 Å².